The van der Waals surface area contributed by atoms with E-state index in [0.717, 1.165) is 42.5 Å². The summed E-state index contributed by atoms with van der Waals surface area (Å²) in [4.78, 5) is 25.9. The molecule has 1 N–H and O–H groups in total. The van der Waals surface area contributed by atoms with Gasteiger partial charge in [0.15, 0.2) is 0 Å². The second kappa shape index (κ2) is 9.82. The fraction of sp³-hybridized carbons (Fsp3) is 0.364. The second-order valence-electron chi connectivity index (χ2n) is 7.83. The molecule has 0 bridgehead atoms. The predicted octanol–water partition coefficient (Wildman–Crippen LogP) is 2.91. The number of hydrogen-bond donors (Lipinski definition) is 1. The van der Waals surface area contributed by atoms with E-state index in [1.165, 1.54) is 6.07 Å². The molecule has 0 spiro atoms. The lowest BCUT2D eigenvalue weighted by Gasteiger charge is -2.23. The number of nitrogens with one attached hydrogen (secondary N) is 1. The first-order valence-electron chi connectivity index (χ1n) is 10.2. The zero-order valence-electron chi connectivity index (χ0n) is 17.9. The standard InChI is InChI=1S/C22H24F3N3O4S/c1-33(31,32)28(19-5-2-4-18(12-19)22(23,24)25)15-20(29)26-13-16-7-9-17(10-8-16)14-27-11-3-6-21(27)30/h2,4-5,7-10,12H,3,6,11,13-15H2,1H3,(H,26,29). The molecule has 33 heavy (non-hydrogen) atoms. The molecule has 0 atom stereocenters. The van der Waals surface area contributed by atoms with Crippen molar-refractivity contribution < 1.29 is 31.2 Å². The van der Waals surface area contributed by atoms with Gasteiger partial charge in [-0.05, 0) is 35.7 Å². The van der Waals surface area contributed by atoms with Gasteiger partial charge in [-0.1, -0.05) is 30.3 Å². The lowest BCUT2D eigenvalue weighted by atomic mass is 10.1. The molecule has 1 saturated heterocycles. The van der Waals surface area contributed by atoms with Crippen molar-refractivity contribution in [3.05, 3.63) is 65.2 Å². The van der Waals surface area contributed by atoms with Crippen molar-refractivity contribution in [3.8, 4) is 0 Å². The van der Waals surface area contributed by atoms with E-state index in [-0.39, 0.29) is 18.1 Å². The monoisotopic (exact) mass is 483 g/mol. The smallest absolute Gasteiger partial charge is 0.350 e. The molecular weight excluding hydrogens is 459 g/mol. The normalized spacial score (nSPS) is 14.4. The summed E-state index contributed by atoms with van der Waals surface area (Å²) in [6.07, 6.45) is -2.40. The maximum atomic E-state index is 13.0. The summed E-state index contributed by atoms with van der Waals surface area (Å²) in [6.45, 7) is 0.711. The Morgan fingerprint density at radius 2 is 1.79 bits per heavy atom. The molecule has 1 aliphatic heterocycles. The average Bonchev–Trinajstić information content (AvgIpc) is 3.14. The number of anilines is 1. The van der Waals surface area contributed by atoms with Gasteiger partial charge in [-0.25, -0.2) is 8.42 Å². The summed E-state index contributed by atoms with van der Waals surface area (Å²) in [5.41, 5.74) is 0.450. The number of likely N-dealkylation sites (tertiary alicyclic amines) is 1. The number of rotatable bonds is 8. The Bertz CT molecular complexity index is 1120. The zero-order valence-corrected chi connectivity index (χ0v) is 18.7. The van der Waals surface area contributed by atoms with Crippen LogP contribution in [0.5, 0.6) is 0 Å². The van der Waals surface area contributed by atoms with E-state index >= 15 is 0 Å². The predicted molar refractivity (Wildman–Crippen MR) is 117 cm³/mol. The van der Waals surface area contributed by atoms with E-state index in [1.807, 2.05) is 12.1 Å². The van der Waals surface area contributed by atoms with Crippen LogP contribution in [0.2, 0.25) is 0 Å². The Kier molecular flexibility index (Phi) is 7.31. The maximum absolute atomic E-state index is 13.0. The number of halogens is 3. The van der Waals surface area contributed by atoms with Gasteiger partial charge >= 0.3 is 6.18 Å². The van der Waals surface area contributed by atoms with E-state index in [0.29, 0.717) is 23.3 Å². The minimum absolute atomic E-state index is 0.113. The highest BCUT2D eigenvalue weighted by Gasteiger charge is 2.32. The van der Waals surface area contributed by atoms with Crippen molar-refractivity contribution in [1.29, 1.82) is 0 Å². The van der Waals surface area contributed by atoms with Crippen LogP contribution in [-0.2, 0) is 38.9 Å². The summed E-state index contributed by atoms with van der Waals surface area (Å²) in [6, 6.07) is 11.1. The van der Waals surface area contributed by atoms with Crippen LogP contribution in [0, 0.1) is 0 Å². The number of benzene rings is 2. The Labute approximate surface area is 190 Å². The minimum atomic E-state index is -4.64. The summed E-state index contributed by atoms with van der Waals surface area (Å²) in [5.74, 6) is -0.535. The first-order chi connectivity index (χ1) is 15.4. The van der Waals surface area contributed by atoms with Crippen molar-refractivity contribution in [2.24, 2.45) is 0 Å². The summed E-state index contributed by atoms with van der Waals surface area (Å²) in [5, 5.41) is 2.58. The number of sulfonamides is 1. The topological polar surface area (TPSA) is 86.8 Å². The van der Waals surface area contributed by atoms with Crippen LogP contribution < -0.4 is 9.62 Å². The molecule has 0 aliphatic carbocycles. The quantitative estimate of drug-likeness (QED) is 0.626. The van der Waals surface area contributed by atoms with Gasteiger partial charge in [-0.2, -0.15) is 13.2 Å². The maximum Gasteiger partial charge on any atom is 0.416 e. The number of carbonyl (C=O) groups excluding carboxylic acids is 2. The van der Waals surface area contributed by atoms with E-state index in [4.69, 9.17) is 0 Å². The van der Waals surface area contributed by atoms with Gasteiger partial charge in [-0.15, -0.1) is 0 Å². The third-order valence-corrected chi connectivity index (χ3v) is 6.35. The third-order valence-electron chi connectivity index (χ3n) is 5.21. The van der Waals surface area contributed by atoms with Crippen LogP contribution in [0.1, 0.15) is 29.5 Å². The highest BCUT2D eigenvalue weighted by atomic mass is 32.2. The number of nitrogens with zero attached hydrogens (tertiary/aromatic N) is 2. The Balaban J connectivity index is 1.61. The van der Waals surface area contributed by atoms with Crippen LogP contribution >= 0.6 is 0 Å². The molecular formula is C22H24F3N3O4S. The van der Waals surface area contributed by atoms with Crippen LogP contribution in [0.4, 0.5) is 18.9 Å². The van der Waals surface area contributed by atoms with Crippen LogP contribution in [-0.4, -0.2) is 44.5 Å². The molecule has 2 aromatic carbocycles. The van der Waals surface area contributed by atoms with Crippen molar-refractivity contribution >= 4 is 27.5 Å². The molecule has 11 heteroatoms. The number of carbonyl (C=O) groups is 2. The van der Waals surface area contributed by atoms with Crippen molar-refractivity contribution in [2.45, 2.75) is 32.1 Å². The molecule has 7 nitrogen and oxygen atoms in total. The first-order valence-corrected chi connectivity index (χ1v) is 12.1. The molecule has 0 radical (unpaired) electrons. The molecule has 2 aromatic rings. The second-order valence-corrected chi connectivity index (χ2v) is 9.74. The van der Waals surface area contributed by atoms with E-state index in [9.17, 15) is 31.2 Å². The molecule has 2 amide bonds. The number of alkyl halides is 3. The Morgan fingerprint density at radius 3 is 2.36 bits per heavy atom. The lowest BCUT2D eigenvalue weighted by molar-refractivity contribution is -0.137. The molecule has 1 aliphatic rings. The highest BCUT2D eigenvalue weighted by Crippen LogP contribution is 2.32. The summed E-state index contributed by atoms with van der Waals surface area (Å²) in [7, 11) is -4.01. The SMILES string of the molecule is CS(=O)(=O)N(CC(=O)NCc1ccc(CN2CCCC2=O)cc1)c1cccc(C(F)(F)F)c1. The van der Waals surface area contributed by atoms with Gasteiger partial charge in [0.05, 0.1) is 17.5 Å². The van der Waals surface area contributed by atoms with E-state index in [2.05, 4.69) is 5.32 Å². The highest BCUT2D eigenvalue weighted by molar-refractivity contribution is 7.92. The molecule has 1 heterocycles. The van der Waals surface area contributed by atoms with E-state index in [1.54, 1.807) is 17.0 Å². The van der Waals surface area contributed by atoms with Crippen LogP contribution in [0.3, 0.4) is 0 Å². The van der Waals surface area contributed by atoms with Gasteiger partial charge in [0, 0.05) is 26.1 Å². The molecule has 0 saturated carbocycles. The molecule has 0 unspecified atom stereocenters. The van der Waals surface area contributed by atoms with Gasteiger partial charge in [0.1, 0.15) is 6.54 Å². The van der Waals surface area contributed by atoms with Gasteiger partial charge in [0.2, 0.25) is 21.8 Å². The molecule has 3 rings (SSSR count). The van der Waals surface area contributed by atoms with Gasteiger partial charge in [0.25, 0.3) is 0 Å². The lowest BCUT2D eigenvalue weighted by Crippen LogP contribution is -2.40. The summed E-state index contributed by atoms with van der Waals surface area (Å²) >= 11 is 0. The Hall–Kier alpha value is -3.08. The fourth-order valence-corrected chi connectivity index (χ4v) is 4.33. The summed E-state index contributed by atoms with van der Waals surface area (Å²) < 4.78 is 63.9. The first kappa shape index (κ1) is 24.6. The van der Waals surface area contributed by atoms with Crippen molar-refractivity contribution in [3.63, 3.8) is 0 Å². The van der Waals surface area contributed by atoms with Crippen LogP contribution in [0.25, 0.3) is 0 Å². The molecule has 178 valence electrons. The molecule has 1 fully saturated rings. The average molecular weight is 484 g/mol. The number of hydrogen-bond acceptors (Lipinski definition) is 4. The number of amides is 2. The van der Waals surface area contributed by atoms with Crippen molar-refractivity contribution in [2.75, 3.05) is 23.7 Å². The zero-order chi connectivity index (χ0) is 24.2. The minimum Gasteiger partial charge on any atom is -0.350 e. The fourth-order valence-electron chi connectivity index (χ4n) is 3.48. The third kappa shape index (κ3) is 6.70. The largest absolute Gasteiger partial charge is 0.416 e. The van der Waals surface area contributed by atoms with Gasteiger partial charge in [-0.3, -0.25) is 13.9 Å². The van der Waals surface area contributed by atoms with Crippen LogP contribution in [0.15, 0.2) is 48.5 Å². The van der Waals surface area contributed by atoms with E-state index < -0.39 is 34.2 Å². The van der Waals surface area contributed by atoms with Gasteiger partial charge < -0.3 is 10.2 Å². The Morgan fingerprint density at radius 1 is 1.12 bits per heavy atom. The van der Waals surface area contributed by atoms with Crippen molar-refractivity contribution in [1.82, 2.24) is 10.2 Å². The molecule has 0 aromatic heterocycles.